The van der Waals surface area contributed by atoms with Gasteiger partial charge in [-0.25, -0.2) is 4.98 Å². The Morgan fingerprint density at radius 3 is 1.79 bits per heavy atom. The van der Waals surface area contributed by atoms with E-state index >= 15 is 0 Å². The summed E-state index contributed by atoms with van der Waals surface area (Å²) in [5, 5.41) is 10.3. The lowest BCUT2D eigenvalue weighted by Gasteiger charge is -2.19. The molecule has 56 heavy (non-hydrogen) atoms. The molecule has 1 aliphatic rings. The third kappa shape index (κ3) is 5.37. The molecule has 0 bridgehead atoms. The van der Waals surface area contributed by atoms with Crippen molar-refractivity contribution in [3.05, 3.63) is 192 Å². The van der Waals surface area contributed by atoms with Gasteiger partial charge in [-0.15, -0.1) is 0 Å². The van der Waals surface area contributed by atoms with Gasteiger partial charge in [0.2, 0.25) is 0 Å². The van der Waals surface area contributed by atoms with E-state index in [2.05, 4.69) is 200 Å². The van der Waals surface area contributed by atoms with Crippen LogP contribution < -0.4 is 10.4 Å². The Bertz CT molecular complexity index is 3300. The van der Waals surface area contributed by atoms with Crippen molar-refractivity contribution in [1.29, 1.82) is 0 Å². The molecule has 0 spiro atoms. The topological polar surface area (TPSA) is 17.8 Å². The van der Waals surface area contributed by atoms with Gasteiger partial charge in [0.05, 0.1) is 11.0 Å². The maximum absolute atomic E-state index is 5.13. The van der Waals surface area contributed by atoms with Crippen LogP contribution in [0.2, 0.25) is 0 Å². The Morgan fingerprint density at radius 1 is 0.429 bits per heavy atom. The number of rotatable bonds is 5. The number of benzene rings is 9. The summed E-state index contributed by atoms with van der Waals surface area (Å²) in [6.07, 6.45) is 7.03. The zero-order valence-corrected chi connectivity index (χ0v) is 31.2. The van der Waals surface area contributed by atoms with Crippen LogP contribution in [-0.2, 0) is 0 Å². The molecule has 9 aromatic carbocycles. The van der Waals surface area contributed by atoms with Crippen molar-refractivity contribution in [3.8, 4) is 50.5 Å². The van der Waals surface area contributed by atoms with Crippen LogP contribution in [0, 0.1) is 6.92 Å². The summed E-state index contributed by atoms with van der Waals surface area (Å²) >= 11 is 0. The molecule has 0 unspecified atom stereocenters. The molecule has 0 aliphatic heterocycles. The van der Waals surface area contributed by atoms with Gasteiger partial charge in [-0.05, 0) is 138 Å². The Labute approximate surface area is 326 Å². The molecule has 0 fully saturated rings. The van der Waals surface area contributed by atoms with Gasteiger partial charge >= 0.3 is 0 Å². The van der Waals surface area contributed by atoms with E-state index in [0.29, 0.717) is 0 Å². The monoisotopic (exact) mass is 714 g/mol. The van der Waals surface area contributed by atoms with Gasteiger partial charge in [0.1, 0.15) is 5.82 Å². The summed E-state index contributed by atoms with van der Waals surface area (Å²) in [6.45, 7) is 2.17. The second-order valence-electron chi connectivity index (χ2n) is 15.1. The average molecular weight is 715 g/mol. The highest BCUT2D eigenvalue weighted by Gasteiger charge is 2.19. The Balaban J connectivity index is 1.12. The Hall–Kier alpha value is -7.03. The van der Waals surface area contributed by atoms with Gasteiger partial charge in [-0.1, -0.05) is 151 Å². The van der Waals surface area contributed by atoms with Crippen LogP contribution in [0.15, 0.2) is 176 Å². The molecule has 10 aromatic rings. The summed E-state index contributed by atoms with van der Waals surface area (Å²) in [6, 6.07) is 64.4. The zero-order chi connectivity index (χ0) is 37.2. The molecule has 0 saturated heterocycles. The molecular weight excluding hydrogens is 677 g/mol. The lowest BCUT2D eigenvalue weighted by Crippen LogP contribution is -2.31. The van der Waals surface area contributed by atoms with Gasteiger partial charge in [0.15, 0.2) is 0 Å². The normalized spacial score (nSPS) is 12.5. The minimum Gasteiger partial charge on any atom is -0.292 e. The third-order valence-electron chi connectivity index (χ3n) is 11.6. The highest BCUT2D eigenvalue weighted by Crippen LogP contribution is 2.38. The summed E-state index contributed by atoms with van der Waals surface area (Å²) < 4.78 is 2.27. The molecule has 2 nitrogen and oxygen atoms in total. The SMILES string of the molecule is Cc1ccc2cc(-c3c4c(c(-c5ccc6ccccc6c5)c5cc(-c6ccc(-c7nc8ccccc8n7-c7ccccc7)cc6)ccc35)=CCCC=4)ccc2c1. The quantitative estimate of drug-likeness (QED) is 0.174. The number of hydrogen-bond acceptors (Lipinski definition) is 1. The lowest BCUT2D eigenvalue weighted by molar-refractivity contribution is 1.10. The van der Waals surface area contributed by atoms with Crippen molar-refractivity contribution in [2.75, 3.05) is 0 Å². The number of nitrogens with zero attached hydrogens (tertiary/aromatic N) is 2. The zero-order valence-electron chi connectivity index (χ0n) is 31.2. The fourth-order valence-corrected chi connectivity index (χ4v) is 8.94. The largest absolute Gasteiger partial charge is 0.292 e. The molecule has 0 saturated carbocycles. The number of fused-ring (bicyclic) bond motifs is 5. The van der Waals surface area contributed by atoms with Gasteiger partial charge in [-0.2, -0.15) is 0 Å². The van der Waals surface area contributed by atoms with E-state index in [-0.39, 0.29) is 0 Å². The van der Waals surface area contributed by atoms with Crippen LogP contribution in [0.1, 0.15) is 18.4 Å². The Kier molecular flexibility index (Phi) is 7.57. The second-order valence-corrected chi connectivity index (χ2v) is 15.1. The molecule has 0 amide bonds. The van der Waals surface area contributed by atoms with E-state index in [1.165, 1.54) is 81.7 Å². The van der Waals surface area contributed by atoms with Crippen LogP contribution in [0.4, 0.5) is 0 Å². The van der Waals surface area contributed by atoms with E-state index in [1.54, 1.807) is 0 Å². The minimum atomic E-state index is 0.939. The molecule has 0 atom stereocenters. The van der Waals surface area contributed by atoms with Crippen LogP contribution in [-0.4, -0.2) is 9.55 Å². The predicted octanol–water partition coefficient (Wildman–Crippen LogP) is 12.8. The van der Waals surface area contributed by atoms with Crippen molar-refractivity contribution in [3.63, 3.8) is 0 Å². The van der Waals surface area contributed by atoms with Gasteiger partial charge in [-0.3, -0.25) is 4.57 Å². The minimum absolute atomic E-state index is 0.939. The van der Waals surface area contributed by atoms with Crippen LogP contribution in [0.5, 0.6) is 0 Å². The smallest absolute Gasteiger partial charge is 0.145 e. The second kappa shape index (κ2) is 13.1. The number of para-hydroxylation sites is 3. The molecule has 1 heterocycles. The summed E-state index contributed by atoms with van der Waals surface area (Å²) in [5.41, 5.74) is 13.1. The van der Waals surface area contributed by atoms with Crippen molar-refractivity contribution < 1.29 is 0 Å². The molecule has 0 N–H and O–H groups in total. The summed E-state index contributed by atoms with van der Waals surface area (Å²) in [7, 11) is 0. The van der Waals surface area contributed by atoms with E-state index in [4.69, 9.17) is 4.98 Å². The van der Waals surface area contributed by atoms with Crippen molar-refractivity contribution in [2.24, 2.45) is 0 Å². The third-order valence-corrected chi connectivity index (χ3v) is 11.6. The number of hydrogen-bond donors (Lipinski definition) is 0. The van der Waals surface area contributed by atoms with Gasteiger partial charge in [0, 0.05) is 11.3 Å². The molecule has 11 rings (SSSR count). The van der Waals surface area contributed by atoms with Crippen molar-refractivity contribution >= 4 is 55.5 Å². The Morgan fingerprint density at radius 2 is 1.00 bits per heavy atom. The number of aromatic nitrogens is 2. The predicted molar refractivity (Wildman–Crippen MR) is 237 cm³/mol. The average Bonchev–Trinajstić information content (AvgIpc) is 3.65. The van der Waals surface area contributed by atoms with E-state index in [0.717, 1.165) is 41.0 Å². The summed E-state index contributed by atoms with van der Waals surface area (Å²) in [5.74, 6) is 0.939. The molecule has 2 heteroatoms. The first-order valence-corrected chi connectivity index (χ1v) is 19.6. The van der Waals surface area contributed by atoms with Crippen LogP contribution in [0.25, 0.3) is 106 Å². The fraction of sp³-hybridized carbons (Fsp3) is 0.0556. The number of imidazole rings is 1. The van der Waals surface area contributed by atoms with E-state index in [9.17, 15) is 0 Å². The number of aryl methyl sites for hydroxylation is 1. The fourth-order valence-electron chi connectivity index (χ4n) is 8.94. The first-order chi connectivity index (χ1) is 27.7. The molecule has 0 radical (unpaired) electrons. The highest BCUT2D eigenvalue weighted by molar-refractivity contribution is 6.09. The molecular formula is C54H38N2. The highest BCUT2D eigenvalue weighted by atomic mass is 15.1. The molecule has 1 aliphatic carbocycles. The van der Waals surface area contributed by atoms with E-state index < -0.39 is 0 Å². The lowest BCUT2D eigenvalue weighted by atomic mass is 9.84. The summed E-state index contributed by atoms with van der Waals surface area (Å²) in [4.78, 5) is 5.13. The van der Waals surface area contributed by atoms with Gasteiger partial charge < -0.3 is 0 Å². The maximum Gasteiger partial charge on any atom is 0.145 e. The maximum atomic E-state index is 5.13. The van der Waals surface area contributed by atoms with Crippen molar-refractivity contribution in [2.45, 2.75) is 19.8 Å². The first-order valence-electron chi connectivity index (χ1n) is 19.6. The van der Waals surface area contributed by atoms with Crippen LogP contribution >= 0.6 is 0 Å². The van der Waals surface area contributed by atoms with Crippen LogP contribution in [0.3, 0.4) is 0 Å². The molecule has 264 valence electrons. The van der Waals surface area contributed by atoms with Gasteiger partial charge in [0.25, 0.3) is 0 Å². The van der Waals surface area contributed by atoms with E-state index in [1.807, 2.05) is 0 Å². The standard InChI is InChI=1S/C54H38N2/c1-35-19-20-41-33-43(28-26-40(41)31-35)52-46-15-7-8-16-47(46)53(44-27-23-36-11-5-6-12-39(36)32-44)49-34-42(29-30-48(49)52)37-21-24-38(25-22-37)54-55-50-17-9-10-18-51(50)56(54)45-13-3-2-4-14-45/h2-6,9-34H,7-8H2,1H3. The molecule has 1 aromatic heterocycles. The van der Waals surface area contributed by atoms with Crippen molar-refractivity contribution in [1.82, 2.24) is 9.55 Å². The first kappa shape index (κ1) is 32.4.